The Labute approximate surface area is 243 Å². The summed E-state index contributed by atoms with van der Waals surface area (Å²) in [6.45, 7) is 15.7. The summed E-state index contributed by atoms with van der Waals surface area (Å²) in [6, 6.07) is 8.16. The van der Waals surface area contributed by atoms with Gasteiger partial charge < -0.3 is 30.0 Å². The first-order valence-electron chi connectivity index (χ1n) is 12.8. The maximum Gasteiger partial charge on any atom is 2.00 e. The smallest absolute Gasteiger partial charge is 0.550 e. The van der Waals surface area contributed by atoms with Gasteiger partial charge in [0.05, 0.1) is 13.1 Å². The van der Waals surface area contributed by atoms with Crippen LogP contribution in [0, 0.1) is 0 Å². The largest absolute Gasteiger partial charge is 2.00 e. The molecule has 2 rings (SSSR count). The third-order valence-electron chi connectivity index (χ3n) is 5.40. The van der Waals surface area contributed by atoms with Gasteiger partial charge in [-0.1, -0.05) is 53.7 Å². The van der Waals surface area contributed by atoms with Crippen molar-refractivity contribution in [2.24, 2.45) is 9.98 Å². The molecule has 0 amide bonds. The summed E-state index contributed by atoms with van der Waals surface area (Å²) >= 11 is 0. The van der Waals surface area contributed by atoms with Crippen molar-refractivity contribution in [3.05, 3.63) is 57.6 Å². The van der Waals surface area contributed by atoms with Crippen molar-refractivity contribution in [1.82, 2.24) is 0 Å². The summed E-state index contributed by atoms with van der Waals surface area (Å²) in [4.78, 5) is 26.7. The van der Waals surface area contributed by atoms with E-state index in [4.69, 9.17) is 19.8 Å². The van der Waals surface area contributed by atoms with E-state index in [0.717, 1.165) is 48.9 Å². The predicted molar refractivity (Wildman–Crippen MR) is 149 cm³/mol. The van der Waals surface area contributed by atoms with Crippen LogP contribution in [-0.2, 0) is 39.2 Å². The fraction of sp³-hybridized carbons (Fsp3) is 0.467. The quantitative estimate of drug-likeness (QED) is 0.340. The molecule has 0 aromatic heterocycles. The first-order chi connectivity index (χ1) is 17.7. The number of aliphatic carboxylic acids is 2. The first-order valence-corrected chi connectivity index (χ1v) is 12.8. The molecule has 217 valence electrons. The van der Waals surface area contributed by atoms with Gasteiger partial charge in [0.2, 0.25) is 0 Å². The van der Waals surface area contributed by atoms with Gasteiger partial charge in [-0.3, -0.25) is 9.98 Å². The van der Waals surface area contributed by atoms with E-state index in [0.29, 0.717) is 36.4 Å². The molecule has 0 atom stereocenters. The second-order valence-corrected chi connectivity index (χ2v) is 9.31. The molecule has 0 bridgehead atoms. The summed E-state index contributed by atoms with van der Waals surface area (Å²) in [6.07, 6.45) is 5.05. The Bertz CT molecular complexity index is 1020. The van der Waals surface area contributed by atoms with Crippen molar-refractivity contribution in [3.8, 4) is 11.5 Å². The van der Waals surface area contributed by atoms with Crippen LogP contribution >= 0.6 is 0 Å². The Morgan fingerprint density at radius 2 is 1.03 bits per heavy atom. The van der Waals surface area contributed by atoms with Crippen LogP contribution in [-0.4, -0.2) is 47.7 Å². The number of rotatable bonds is 9. The van der Waals surface area contributed by atoms with E-state index in [1.54, 1.807) is 12.4 Å². The van der Waals surface area contributed by atoms with Crippen LogP contribution < -0.4 is 10.2 Å². The van der Waals surface area contributed by atoms with Gasteiger partial charge in [0.15, 0.2) is 0 Å². The van der Waals surface area contributed by atoms with Crippen molar-refractivity contribution >= 4 is 24.4 Å². The fourth-order valence-corrected chi connectivity index (χ4v) is 3.33. The van der Waals surface area contributed by atoms with E-state index in [-0.39, 0.29) is 16.8 Å². The zero-order chi connectivity index (χ0) is 29.4. The molecule has 9 heteroatoms. The number of benzene rings is 2. The maximum absolute atomic E-state index is 10.4. The number of aliphatic imine (C=N–C) groups is 2. The zero-order valence-electron chi connectivity index (χ0n) is 24.2. The molecule has 0 aliphatic carbocycles. The third-order valence-corrected chi connectivity index (χ3v) is 5.40. The van der Waals surface area contributed by atoms with Crippen LogP contribution in [0.25, 0.3) is 0 Å². The van der Waals surface area contributed by atoms with Crippen molar-refractivity contribution in [3.63, 3.8) is 0 Å². The molecule has 0 saturated heterocycles. The second kappa shape index (κ2) is 19.8. The molecule has 2 aromatic carbocycles. The number of carboxylic acids is 2. The van der Waals surface area contributed by atoms with E-state index < -0.39 is 11.9 Å². The monoisotopic (exact) mass is 585 g/mol. The average Bonchev–Trinajstić information content (AvgIpc) is 2.82. The predicted octanol–water partition coefficient (Wildman–Crippen LogP) is 3.52. The number of aromatic hydroxyl groups is 2. The SMILES string of the molecule is CC(=O)[O-].CC(=O)[O-].CCc1cc(C(C)C)cc(C=NCCN=Cc2cc(C(C)C)cc(CC)c2O)c1O.[Co+2]. The van der Waals surface area contributed by atoms with Gasteiger partial charge in [0.25, 0.3) is 0 Å². The van der Waals surface area contributed by atoms with E-state index in [2.05, 4.69) is 49.8 Å². The summed E-state index contributed by atoms with van der Waals surface area (Å²) in [5, 5.41) is 38.7. The number of carbonyl (C=O) groups excluding carboxylic acids is 2. The first kappa shape index (κ1) is 38.0. The standard InChI is InChI=1S/C26H36N2O2.2C2H4O2.Co/c1-7-19-11-21(17(3)4)13-23(25(19)29)15-27-9-10-28-16-24-14-22(18(5)6)12-20(8-2)26(24)30;2*1-2(3)4;/h11-18,29-30H,7-10H2,1-6H3;2*1H3,(H,3,4);/q;;;+2/p-2. The topological polar surface area (TPSA) is 145 Å². The van der Waals surface area contributed by atoms with Gasteiger partial charge in [-0.15, -0.1) is 0 Å². The van der Waals surface area contributed by atoms with Gasteiger partial charge >= 0.3 is 16.8 Å². The van der Waals surface area contributed by atoms with Crippen LogP contribution in [0.15, 0.2) is 34.3 Å². The van der Waals surface area contributed by atoms with E-state index in [9.17, 15) is 10.2 Å². The molecule has 0 fully saturated rings. The van der Waals surface area contributed by atoms with Gasteiger partial charge in [0.1, 0.15) is 11.5 Å². The molecule has 39 heavy (non-hydrogen) atoms. The van der Waals surface area contributed by atoms with Gasteiger partial charge in [0, 0.05) is 35.5 Å². The van der Waals surface area contributed by atoms with Crippen molar-refractivity contribution in [2.45, 2.75) is 80.1 Å². The van der Waals surface area contributed by atoms with Crippen molar-refractivity contribution < 1.29 is 46.8 Å². The van der Waals surface area contributed by atoms with E-state index >= 15 is 0 Å². The molecule has 1 radical (unpaired) electrons. The number of hydrogen-bond donors (Lipinski definition) is 2. The second-order valence-electron chi connectivity index (χ2n) is 9.31. The van der Waals surface area contributed by atoms with E-state index in [1.807, 2.05) is 26.0 Å². The molecule has 0 heterocycles. The molecule has 0 spiro atoms. The van der Waals surface area contributed by atoms with Crippen LogP contribution in [0.2, 0.25) is 0 Å². The number of phenols is 2. The Hall–Kier alpha value is -3.17. The summed E-state index contributed by atoms with van der Waals surface area (Å²) < 4.78 is 0. The summed E-state index contributed by atoms with van der Waals surface area (Å²) in [7, 11) is 0. The van der Waals surface area contributed by atoms with Gasteiger partial charge in [-0.05, 0) is 72.9 Å². The van der Waals surface area contributed by atoms with Gasteiger partial charge in [-0.2, -0.15) is 0 Å². The molecular weight excluding hydrogens is 543 g/mol. The van der Waals surface area contributed by atoms with Crippen LogP contribution in [0.5, 0.6) is 11.5 Å². The van der Waals surface area contributed by atoms with Crippen LogP contribution in [0.1, 0.15) is 101 Å². The average molecular weight is 586 g/mol. The molecule has 2 aromatic rings. The fourth-order valence-electron chi connectivity index (χ4n) is 3.33. The zero-order valence-corrected chi connectivity index (χ0v) is 25.2. The van der Waals surface area contributed by atoms with Crippen LogP contribution in [0.3, 0.4) is 0 Å². The summed E-state index contributed by atoms with van der Waals surface area (Å²) in [5.74, 6) is -0.738. The van der Waals surface area contributed by atoms with Gasteiger partial charge in [-0.25, -0.2) is 0 Å². The Balaban J connectivity index is 0. The number of carboxylic acid groups (broad SMARTS) is 2. The molecule has 0 aliphatic heterocycles. The third kappa shape index (κ3) is 15.1. The number of aryl methyl sites for hydroxylation is 2. The summed E-state index contributed by atoms with van der Waals surface area (Å²) in [5.41, 5.74) is 5.84. The Morgan fingerprint density at radius 3 is 1.26 bits per heavy atom. The Morgan fingerprint density at radius 1 is 0.744 bits per heavy atom. The minimum absolute atomic E-state index is 0. The van der Waals surface area contributed by atoms with Crippen molar-refractivity contribution in [1.29, 1.82) is 0 Å². The van der Waals surface area contributed by atoms with Crippen LogP contribution in [0.4, 0.5) is 0 Å². The van der Waals surface area contributed by atoms with E-state index in [1.165, 1.54) is 11.1 Å². The maximum atomic E-state index is 10.4. The molecule has 0 aliphatic rings. The minimum Gasteiger partial charge on any atom is -0.550 e. The molecule has 2 N–H and O–H groups in total. The van der Waals surface area contributed by atoms with Crippen molar-refractivity contribution in [2.75, 3.05) is 13.1 Å². The molecule has 8 nitrogen and oxygen atoms in total. The molecule has 0 unspecified atom stereocenters. The minimum atomic E-state index is -1.08. The Kier molecular flexibility index (Phi) is 19.3. The molecule has 0 saturated carbocycles. The number of hydrogen-bond acceptors (Lipinski definition) is 8. The number of carbonyl (C=O) groups is 2. The number of phenolic OH excluding ortho intramolecular Hbond substituents is 2. The normalized spacial score (nSPS) is 10.6. The number of nitrogens with zero attached hydrogens (tertiary/aromatic N) is 2. The molecular formula is C30H42CoN2O6.